The Balaban J connectivity index is 1.37. The maximum absolute atomic E-state index is 7.19. The number of allylic oxidation sites excluding steroid dienone is 2. The average Bonchev–Trinajstić information content (AvgIpc) is 3.57. The first kappa shape index (κ1) is 31.7. The third-order valence-corrected chi connectivity index (χ3v) is 9.91. The van der Waals surface area contributed by atoms with E-state index in [1.807, 2.05) is 0 Å². The van der Waals surface area contributed by atoms with Gasteiger partial charge in [0.25, 0.3) is 0 Å². The van der Waals surface area contributed by atoms with Gasteiger partial charge in [0, 0.05) is 40.9 Å². The molecule has 0 atom stereocenters. The smallest absolute Gasteiger partial charge is 0.122 e. The van der Waals surface area contributed by atoms with Gasteiger partial charge in [0.05, 0.1) is 28.5 Å². The van der Waals surface area contributed by atoms with Crippen LogP contribution in [-0.4, -0.2) is 39.4 Å². The first-order valence-corrected chi connectivity index (χ1v) is 17.5. The first-order valence-electron chi connectivity index (χ1n) is 17.1. The van der Waals surface area contributed by atoms with Crippen LogP contribution >= 0.6 is 11.6 Å². The molecule has 0 radical (unpaired) electrons. The highest BCUT2D eigenvalue weighted by Crippen LogP contribution is 2.44. The van der Waals surface area contributed by atoms with Crippen LogP contribution in [0.3, 0.4) is 0 Å². The maximum Gasteiger partial charge on any atom is 0.122 e. The highest BCUT2D eigenvalue weighted by atomic mass is 35.5. The lowest BCUT2D eigenvalue weighted by molar-refractivity contribution is 0.251. The lowest BCUT2D eigenvalue weighted by Crippen LogP contribution is -2.26. The standard InChI is InChI=1S/C39H49ClN4O/c1-6-8-20-43-21-9-10-22-44-38(26(3)4)30(14-12-23-45-35-15-11-13-28-24-27(5)16-17-29(28)35)31-18-19-32(40)36(39(31)44)37-33(7-2)41-42-34(37)25-43/h15-19,24H,3,6-14,20-23,25H2,1-2,4-5H3,(H,41,42). The van der Waals surface area contributed by atoms with E-state index >= 15 is 0 Å². The fraction of sp³-hybridized carbons (Fsp3) is 0.462. The average molecular weight is 625 g/mol. The summed E-state index contributed by atoms with van der Waals surface area (Å²) in [5.74, 6) is 1.04. The van der Waals surface area contributed by atoms with E-state index in [4.69, 9.17) is 21.4 Å². The molecule has 2 aliphatic rings. The van der Waals surface area contributed by atoms with Crippen molar-refractivity contribution in [3.05, 3.63) is 87.3 Å². The molecular weight excluding hydrogens is 576 g/mol. The highest BCUT2D eigenvalue weighted by Gasteiger charge is 2.27. The molecule has 0 fully saturated rings. The van der Waals surface area contributed by atoms with Gasteiger partial charge in [0.1, 0.15) is 5.76 Å². The minimum atomic E-state index is 0.682. The molecule has 0 saturated carbocycles. The molecule has 1 N–H and O–H groups in total. The maximum atomic E-state index is 7.19. The van der Waals surface area contributed by atoms with Gasteiger partial charge >= 0.3 is 0 Å². The van der Waals surface area contributed by atoms with Crippen molar-refractivity contribution >= 4 is 33.8 Å². The summed E-state index contributed by atoms with van der Waals surface area (Å²) in [6.07, 6.45) is 11.8. The molecular formula is C39H49ClN4O. The zero-order chi connectivity index (χ0) is 31.5. The fourth-order valence-corrected chi connectivity index (χ4v) is 7.72. The fourth-order valence-electron chi connectivity index (χ4n) is 7.47. The number of hydrogen-bond acceptors (Lipinski definition) is 3. The summed E-state index contributed by atoms with van der Waals surface area (Å²) in [5, 5.41) is 10.4. The molecule has 2 aromatic heterocycles. The van der Waals surface area contributed by atoms with Crippen molar-refractivity contribution in [3.63, 3.8) is 0 Å². The quantitative estimate of drug-likeness (QED) is 0.179. The molecule has 0 unspecified atom stereocenters. The van der Waals surface area contributed by atoms with Gasteiger partial charge in [-0.25, -0.2) is 0 Å². The van der Waals surface area contributed by atoms with Crippen LogP contribution in [0.4, 0.5) is 0 Å². The summed E-state index contributed by atoms with van der Waals surface area (Å²) >= 11 is 7.19. The summed E-state index contributed by atoms with van der Waals surface area (Å²) in [4.78, 5) is 2.60. The van der Waals surface area contributed by atoms with E-state index in [0.717, 1.165) is 98.7 Å². The number of fused-ring (bicyclic) bond motifs is 3. The summed E-state index contributed by atoms with van der Waals surface area (Å²) in [6.45, 7) is 18.0. The van der Waals surface area contributed by atoms with E-state index in [-0.39, 0.29) is 0 Å². The van der Waals surface area contributed by atoms with E-state index < -0.39 is 0 Å². The predicted octanol–water partition coefficient (Wildman–Crippen LogP) is 9.92. The second-order valence-electron chi connectivity index (χ2n) is 13.0. The zero-order valence-electron chi connectivity index (χ0n) is 27.7. The number of aromatic amines is 1. The number of H-pyrrole nitrogens is 1. The number of halogens is 1. The van der Waals surface area contributed by atoms with Gasteiger partial charge in [-0.1, -0.05) is 68.3 Å². The SMILES string of the molecule is C=C(C)c1c(CCCOC2=CCCc3cc(C)ccc32)c2ccc(Cl)c3c2n1CCCCN(CCCC)Cc1[nH]nc(CC)c1-3. The second kappa shape index (κ2) is 14.0. The van der Waals surface area contributed by atoms with Crippen LogP contribution in [0.2, 0.25) is 5.02 Å². The second-order valence-corrected chi connectivity index (χ2v) is 13.4. The third-order valence-electron chi connectivity index (χ3n) is 9.60. The van der Waals surface area contributed by atoms with Crippen molar-refractivity contribution in [1.82, 2.24) is 19.7 Å². The molecule has 3 heterocycles. The number of ether oxygens (including phenoxy) is 1. The van der Waals surface area contributed by atoms with Gasteiger partial charge in [-0.2, -0.15) is 5.10 Å². The first-order chi connectivity index (χ1) is 21.9. The Bertz CT molecular complexity index is 1720. The van der Waals surface area contributed by atoms with Crippen molar-refractivity contribution in [2.75, 3.05) is 19.7 Å². The Kier molecular flexibility index (Phi) is 9.87. The molecule has 0 amide bonds. The summed E-state index contributed by atoms with van der Waals surface area (Å²) in [6, 6.07) is 11.1. The van der Waals surface area contributed by atoms with Gasteiger partial charge in [-0.15, -0.1) is 0 Å². The van der Waals surface area contributed by atoms with E-state index in [9.17, 15) is 0 Å². The molecule has 5 nitrogen and oxygen atoms in total. The molecule has 0 spiro atoms. The van der Waals surface area contributed by atoms with Gasteiger partial charge in [-0.05, 0) is 107 Å². The number of unbranched alkanes of at least 4 members (excludes halogenated alkanes) is 1. The number of nitrogens with one attached hydrogen (secondary N) is 1. The van der Waals surface area contributed by atoms with Crippen molar-refractivity contribution in [3.8, 4) is 11.1 Å². The van der Waals surface area contributed by atoms with Crippen LogP contribution in [0.1, 0.15) is 98.6 Å². The van der Waals surface area contributed by atoms with Crippen LogP contribution < -0.4 is 0 Å². The summed E-state index contributed by atoms with van der Waals surface area (Å²) < 4.78 is 8.99. The summed E-state index contributed by atoms with van der Waals surface area (Å²) in [7, 11) is 0. The molecule has 1 aliphatic heterocycles. The molecule has 0 saturated heterocycles. The normalized spacial score (nSPS) is 15.4. The molecule has 238 valence electrons. The number of rotatable bonds is 10. The Labute approximate surface area is 274 Å². The van der Waals surface area contributed by atoms with Crippen LogP contribution in [0.25, 0.3) is 33.4 Å². The Hall–Kier alpha value is -3.28. The molecule has 45 heavy (non-hydrogen) atoms. The number of aromatic nitrogens is 3. The number of aryl methyl sites for hydroxylation is 5. The molecule has 6 heteroatoms. The minimum Gasteiger partial charge on any atom is -0.493 e. The van der Waals surface area contributed by atoms with E-state index in [2.05, 4.69) is 85.2 Å². The molecule has 0 bridgehead atoms. The minimum absolute atomic E-state index is 0.682. The Morgan fingerprint density at radius 2 is 1.93 bits per heavy atom. The number of hydrogen-bond donors (Lipinski definition) is 1. The van der Waals surface area contributed by atoms with E-state index in [1.165, 1.54) is 62.9 Å². The van der Waals surface area contributed by atoms with Crippen LogP contribution in [0, 0.1) is 6.92 Å². The van der Waals surface area contributed by atoms with E-state index in [1.54, 1.807) is 0 Å². The lowest BCUT2D eigenvalue weighted by atomic mass is 9.94. The molecule has 4 aromatic rings. The van der Waals surface area contributed by atoms with Crippen LogP contribution in [0.15, 0.2) is 43.0 Å². The Morgan fingerprint density at radius 3 is 2.73 bits per heavy atom. The van der Waals surface area contributed by atoms with Crippen molar-refractivity contribution < 1.29 is 4.74 Å². The molecule has 1 aliphatic carbocycles. The zero-order valence-corrected chi connectivity index (χ0v) is 28.5. The monoisotopic (exact) mass is 624 g/mol. The van der Waals surface area contributed by atoms with Crippen LogP contribution in [-0.2, 0) is 37.1 Å². The highest BCUT2D eigenvalue weighted by molar-refractivity contribution is 6.35. The Morgan fingerprint density at radius 1 is 1.09 bits per heavy atom. The topological polar surface area (TPSA) is 46.1 Å². The van der Waals surface area contributed by atoms with Crippen molar-refractivity contribution in [2.45, 2.75) is 98.6 Å². The summed E-state index contributed by atoms with van der Waals surface area (Å²) in [5.41, 5.74) is 13.5. The number of benzene rings is 2. The molecule has 2 aromatic carbocycles. The lowest BCUT2D eigenvalue weighted by Gasteiger charge is -2.22. The van der Waals surface area contributed by atoms with Crippen LogP contribution in [0.5, 0.6) is 0 Å². The van der Waals surface area contributed by atoms with Gasteiger partial charge in [0.15, 0.2) is 0 Å². The van der Waals surface area contributed by atoms with Gasteiger partial charge in [-0.3, -0.25) is 10.00 Å². The van der Waals surface area contributed by atoms with Gasteiger partial charge < -0.3 is 9.30 Å². The number of nitrogens with zero attached hydrogens (tertiary/aromatic N) is 3. The molecule has 6 rings (SSSR count). The van der Waals surface area contributed by atoms with Crippen molar-refractivity contribution in [2.24, 2.45) is 0 Å². The van der Waals surface area contributed by atoms with Gasteiger partial charge in [0.2, 0.25) is 0 Å². The largest absolute Gasteiger partial charge is 0.493 e. The van der Waals surface area contributed by atoms with E-state index in [0.29, 0.717) is 6.61 Å². The predicted molar refractivity (Wildman–Crippen MR) is 190 cm³/mol. The third kappa shape index (κ3) is 6.39. The van der Waals surface area contributed by atoms with Crippen molar-refractivity contribution in [1.29, 1.82) is 0 Å².